The summed E-state index contributed by atoms with van der Waals surface area (Å²) in [6, 6.07) is 5.84. The minimum atomic E-state index is -0.106. The van der Waals surface area contributed by atoms with E-state index in [1.165, 1.54) is 16.6 Å². The maximum Gasteiger partial charge on any atom is 0.261 e. The lowest BCUT2D eigenvalue weighted by molar-refractivity contribution is 0.259. The van der Waals surface area contributed by atoms with Gasteiger partial charge in [-0.2, -0.15) is 0 Å². The van der Waals surface area contributed by atoms with Gasteiger partial charge in [0.2, 0.25) is 0 Å². The minimum absolute atomic E-state index is 0.0734. The van der Waals surface area contributed by atoms with E-state index in [4.69, 9.17) is 5.11 Å². The standard InChI is InChI=1S/C20H26N6O2/c1-23-14-21-13-17(23)4-5-24-6-8-25(9-7-24)16-2-3-18-19(12-16)22-15-26(10-11-27)20(18)28/h2-3,12-15,27H,4-11H2,1H3. The number of piperazine rings is 1. The predicted octanol–water partition coefficient (Wildman–Crippen LogP) is 0.487. The Morgan fingerprint density at radius 1 is 1.11 bits per heavy atom. The number of imidazole rings is 1. The number of anilines is 1. The summed E-state index contributed by atoms with van der Waals surface area (Å²) in [5.74, 6) is 0. The molecule has 148 valence electrons. The van der Waals surface area contributed by atoms with Gasteiger partial charge >= 0.3 is 0 Å². The molecule has 8 heteroatoms. The molecule has 0 amide bonds. The van der Waals surface area contributed by atoms with Crippen molar-refractivity contribution in [1.29, 1.82) is 0 Å². The zero-order valence-corrected chi connectivity index (χ0v) is 16.2. The fraction of sp³-hybridized carbons (Fsp3) is 0.450. The van der Waals surface area contributed by atoms with Gasteiger partial charge in [-0.3, -0.25) is 14.3 Å². The number of aryl methyl sites for hydroxylation is 1. The zero-order chi connectivity index (χ0) is 19.5. The second-order valence-electron chi connectivity index (χ2n) is 7.24. The molecular formula is C20H26N6O2. The summed E-state index contributed by atoms with van der Waals surface area (Å²) < 4.78 is 3.52. The summed E-state index contributed by atoms with van der Waals surface area (Å²) in [4.78, 5) is 25.8. The van der Waals surface area contributed by atoms with Gasteiger partial charge in [-0.1, -0.05) is 0 Å². The Bertz CT molecular complexity index is 1000. The second-order valence-corrected chi connectivity index (χ2v) is 7.24. The van der Waals surface area contributed by atoms with Crippen molar-refractivity contribution in [3.63, 3.8) is 0 Å². The highest BCUT2D eigenvalue weighted by atomic mass is 16.3. The highest BCUT2D eigenvalue weighted by Gasteiger charge is 2.18. The van der Waals surface area contributed by atoms with Crippen molar-refractivity contribution < 1.29 is 5.11 Å². The highest BCUT2D eigenvalue weighted by molar-refractivity contribution is 5.81. The monoisotopic (exact) mass is 382 g/mol. The molecule has 0 bridgehead atoms. The first kappa shape index (κ1) is 18.6. The van der Waals surface area contributed by atoms with E-state index in [2.05, 4.69) is 24.3 Å². The molecular weight excluding hydrogens is 356 g/mol. The molecule has 1 aromatic carbocycles. The van der Waals surface area contributed by atoms with Crippen molar-refractivity contribution in [3.05, 3.63) is 53.1 Å². The number of benzene rings is 1. The Labute approximate surface area is 163 Å². The second kappa shape index (κ2) is 8.12. The van der Waals surface area contributed by atoms with Crippen LogP contribution in [0.5, 0.6) is 0 Å². The molecule has 4 rings (SSSR count). The summed E-state index contributed by atoms with van der Waals surface area (Å²) >= 11 is 0. The van der Waals surface area contributed by atoms with Crippen LogP contribution in [0.1, 0.15) is 5.69 Å². The molecule has 0 aliphatic carbocycles. The van der Waals surface area contributed by atoms with E-state index < -0.39 is 0 Å². The van der Waals surface area contributed by atoms with Crippen molar-refractivity contribution >= 4 is 16.6 Å². The van der Waals surface area contributed by atoms with Gasteiger partial charge in [0, 0.05) is 63.8 Å². The van der Waals surface area contributed by atoms with Gasteiger partial charge in [-0.25, -0.2) is 9.97 Å². The fourth-order valence-corrected chi connectivity index (χ4v) is 3.74. The first-order chi connectivity index (χ1) is 13.7. The summed E-state index contributed by atoms with van der Waals surface area (Å²) in [7, 11) is 2.03. The Morgan fingerprint density at radius 2 is 1.93 bits per heavy atom. The van der Waals surface area contributed by atoms with Gasteiger partial charge in [-0.15, -0.1) is 0 Å². The summed E-state index contributed by atoms with van der Waals surface area (Å²) in [5.41, 5.74) is 2.96. The van der Waals surface area contributed by atoms with Crippen LogP contribution < -0.4 is 10.5 Å². The molecule has 0 atom stereocenters. The van der Waals surface area contributed by atoms with Crippen LogP contribution in [0.4, 0.5) is 5.69 Å². The smallest absolute Gasteiger partial charge is 0.261 e. The fourth-order valence-electron chi connectivity index (χ4n) is 3.74. The summed E-state index contributed by atoms with van der Waals surface area (Å²) in [6.07, 6.45) is 6.31. The first-order valence-electron chi connectivity index (χ1n) is 9.68. The maximum absolute atomic E-state index is 12.4. The van der Waals surface area contributed by atoms with Crippen molar-refractivity contribution in [3.8, 4) is 0 Å². The van der Waals surface area contributed by atoms with Crippen LogP contribution in [-0.4, -0.2) is 68.4 Å². The molecule has 28 heavy (non-hydrogen) atoms. The topological polar surface area (TPSA) is 79.4 Å². The SMILES string of the molecule is Cn1cncc1CCN1CCN(c2ccc3c(=O)n(CCO)cnc3c2)CC1. The third kappa shape index (κ3) is 3.79. The molecule has 2 aromatic heterocycles. The maximum atomic E-state index is 12.4. The molecule has 0 saturated carbocycles. The Kier molecular flexibility index (Phi) is 5.40. The normalized spacial score (nSPS) is 15.4. The highest BCUT2D eigenvalue weighted by Crippen LogP contribution is 2.20. The average Bonchev–Trinajstić information content (AvgIpc) is 3.13. The molecule has 3 heterocycles. The molecule has 8 nitrogen and oxygen atoms in total. The zero-order valence-electron chi connectivity index (χ0n) is 16.2. The largest absolute Gasteiger partial charge is 0.395 e. The van der Waals surface area contributed by atoms with Crippen LogP contribution in [0.25, 0.3) is 10.9 Å². The molecule has 0 radical (unpaired) electrons. The van der Waals surface area contributed by atoms with E-state index in [-0.39, 0.29) is 18.7 Å². The number of hydrogen-bond donors (Lipinski definition) is 1. The van der Waals surface area contributed by atoms with Crippen LogP contribution >= 0.6 is 0 Å². The van der Waals surface area contributed by atoms with Gasteiger partial charge in [0.1, 0.15) is 0 Å². The lowest BCUT2D eigenvalue weighted by Gasteiger charge is -2.36. The number of aliphatic hydroxyl groups is 1. The van der Waals surface area contributed by atoms with Gasteiger partial charge in [0.25, 0.3) is 5.56 Å². The third-order valence-electron chi connectivity index (χ3n) is 5.49. The average molecular weight is 382 g/mol. The molecule has 1 aliphatic heterocycles. The number of rotatable bonds is 6. The number of aliphatic hydroxyl groups excluding tert-OH is 1. The molecule has 1 aliphatic rings. The van der Waals surface area contributed by atoms with Crippen molar-refractivity contribution in [2.45, 2.75) is 13.0 Å². The minimum Gasteiger partial charge on any atom is -0.395 e. The number of hydrogen-bond acceptors (Lipinski definition) is 6. The van der Waals surface area contributed by atoms with E-state index in [1.807, 2.05) is 37.8 Å². The van der Waals surface area contributed by atoms with Gasteiger partial charge < -0.3 is 14.6 Å². The quantitative estimate of drug-likeness (QED) is 0.668. The summed E-state index contributed by atoms with van der Waals surface area (Å²) in [6.45, 7) is 5.18. The molecule has 1 saturated heterocycles. The number of aromatic nitrogens is 4. The number of fused-ring (bicyclic) bond motifs is 1. The molecule has 0 spiro atoms. The van der Waals surface area contributed by atoms with E-state index in [0.717, 1.165) is 44.8 Å². The van der Waals surface area contributed by atoms with E-state index >= 15 is 0 Å². The van der Waals surface area contributed by atoms with Gasteiger partial charge in [0.05, 0.1) is 36.7 Å². The molecule has 3 aromatic rings. The first-order valence-corrected chi connectivity index (χ1v) is 9.68. The van der Waals surface area contributed by atoms with Crippen LogP contribution in [0, 0.1) is 0 Å². The van der Waals surface area contributed by atoms with Crippen LogP contribution in [0.3, 0.4) is 0 Å². The summed E-state index contributed by atoms with van der Waals surface area (Å²) in [5, 5.41) is 9.65. The Morgan fingerprint density at radius 3 is 2.64 bits per heavy atom. The van der Waals surface area contributed by atoms with Gasteiger partial charge in [0.15, 0.2) is 0 Å². The van der Waals surface area contributed by atoms with Crippen LogP contribution in [-0.2, 0) is 20.0 Å². The molecule has 0 unspecified atom stereocenters. The van der Waals surface area contributed by atoms with E-state index in [9.17, 15) is 4.79 Å². The lowest BCUT2D eigenvalue weighted by atomic mass is 10.2. The Balaban J connectivity index is 1.40. The lowest BCUT2D eigenvalue weighted by Crippen LogP contribution is -2.47. The van der Waals surface area contributed by atoms with Crippen molar-refractivity contribution in [2.24, 2.45) is 7.05 Å². The number of nitrogens with zero attached hydrogens (tertiary/aromatic N) is 6. The van der Waals surface area contributed by atoms with Gasteiger partial charge in [-0.05, 0) is 18.2 Å². The van der Waals surface area contributed by atoms with Crippen molar-refractivity contribution in [1.82, 2.24) is 24.0 Å². The third-order valence-corrected chi connectivity index (χ3v) is 5.49. The van der Waals surface area contributed by atoms with Crippen LogP contribution in [0.15, 0.2) is 41.8 Å². The van der Waals surface area contributed by atoms with E-state index in [0.29, 0.717) is 10.9 Å². The molecule has 1 N–H and O–H groups in total. The Hall–Kier alpha value is -2.71. The van der Waals surface area contributed by atoms with Crippen LogP contribution in [0.2, 0.25) is 0 Å². The van der Waals surface area contributed by atoms with E-state index in [1.54, 1.807) is 0 Å². The van der Waals surface area contributed by atoms with Crippen molar-refractivity contribution in [2.75, 3.05) is 44.2 Å². The molecule has 1 fully saturated rings. The predicted molar refractivity (Wildman–Crippen MR) is 109 cm³/mol.